The van der Waals surface area contributed by atoms with Crippen molar-refractivity contribution in [3.05, 3.63) is 43.0 Å². The number of carbonyl (C=O) groups excluding carboxylic acids is 4. The third-order valence-corrected chi connectivity index (χ3v) is 5.94. The van der Waals surface area contributed by atoms with Crippen LogP contribution >= 0.6 is 0 Å². The maximum Gasteiger partial charge on any atom is 0.339 e. The van der Waals surface area contributed by atoms with Gasteiger partial charge in [0.1, 0.15) is 6.23 Å². The molecular formula is C23H29N5O13. The number of carbonyl (C=O) groups is 4. The summed E-state index contributed by atoms with van der Waals surface area (Å²) >= 11 is 0. The molecule has 0 bridgehead atoms. The highest BCUT2D eigenvalue weighted by Crippen LogP contribution is 2.33. The van der Waals surface area contributed by atoms with Gasteiger partial charge in [-0.2, -0.15) is 0 Å². The minimum absolute atomic E-state index is 0.168. The molecule has 0 spiro atoms. The molecule has 18 heteroatoms. The molecule has 0 aromatic carbocycles. The Labute approximate surface area is 235 Å². The van der Waals surface area contributed by atoms with Gasteiger partial charge in [-0.15, -0.1) is 0 Å². The van der Waals surface area contributed by atoms with Crippen molar-refractivity contribution in [3.63, 3.8) is 0 Å². The van der Waals surface area contributed by atoms with E-state index >= 15 is 0 Å². The van der Waals surface area contributed by atoms with Gasteiger partial charge in [0.05, 0.1) is 25.9 Å². The van der Waals surface area contributed by atoms with Crippen molar-refractivity contribution in [3.8, 4) is 0 Å². The van der Waals surface area contributed by atoms with E-state index in [4.69, 9.17) is 42.8 Å². The van der Waals surface area contributed by atoms with Crippen molar-refractivity contribution < 1.29 is 56.4 Å². The van der Waals surface area contributed by atoms with Crippen LogP contribution in [-0.4, -0.2) is 90.0 Å². The average molecular weight is 587 g/mol. The molecule has 2 aliphatic heterocycles. The van der Waals surface area contributed by atoms with Crippen LogP contribution in [0.3, 0.4) is 0 Å². The van der Waals surface area contributed by atoms with Crippen LogP contribution in [0.2, 0.25) is 0 Å². The predicted octanol–water partition coefficient (Wildman–Crippen LogP) is -0.479. The summed E-state index contributed by atoms with van der Waals surface area (Å²) in [6.45, 7) is -0.335. The van der Waals surface area contributed by atoms with E-state index in [0.717, 1.165) is 38.6 Å². The molecule has 0 radical (unpaired) electrons. The number of rotatable bonds is 9. The van der Waals surface area contributed by atoms with Crippen LogP contribution in [0.25, 0.3) is 10.4 Å². The summed E-state index contributed by atoms with van der Waals surface area (Å²) in [5, 5.41) is 3.64. The highest BCUT2D eigenvalue weighted by atomic mass is 16.7. The summed E-state index contributed by atoms with van der Waals surface area (Å²) in [4.78, 5) is 77.6. The average Bonchev–Trinajstić information content (AvgIpc) is 3.30. The number of methoxy groups -OCH3 is 1. The summed E-state index contributed by atoms with van der Waals surface area (Å²) in [5.41, 5.74) is 6.29. The zero-order valence-electron chi connectivity index (χ0n) is 25.2. The minimum Gasteiger partial charge on any atom is -0.467 e. The summed E-state index contributed by atoms with van der Waals surface area (Å²) < 4.78 is 61.2. The molecule has 1 aromatic heterocycles. The van der Waals surface area contributed by atoms with Crippen molar-refractivity contribution in [2.75, 3.05) is 13.7 Å². The van der Waals surface area contributed by atoms with E-state index in [0.29, 0.717) is 0 Å². The van der Waals surface area contributed by atoms with Gasteiger partial charge in [0.15, 0.2) is 30.7 Å². The maximum atomic E-state index is 12.6. The van der Waals surface area contributed by atoms with Gasteiger partial charge >= 0.3 is 29.6 Å². The highest BCUT2D eigenvalue weighted by Gasteiger charge is 2.55. The molecule has 2 aliphatic rings. The first-order valence-corrected chi connectivity index (χ1v) is 12.0. The third kappa shape index (κ3) is 7.49. The first kappa shape index (κ1) is 26.9. The lowest BCUT2D eigenvalue weighted by atomic mass is 9.97. The van der Waals surface area contributed by atoms with E-state index in [1.165, 1.54) is 0 Å². The van der Waals surface area contributed by atoms with Crippen LogP contribution in [0, 0.1) is 6.85 Å². The van der Waals surface area contributed by atoms with Crippen molar-refractivity contribution in [1.29, 1.82) is 0 Å². The molecule has 2 saturated heterocycles. The Morgan fingerprint density at radius 1 is 1.10 bits per heavy atom. The van der Waals surface area contributed by atoms with Crippen LogP contribution in [0.5, 0.6) is 0 Å². The maximum absolute atomic E-state index is 12.6. The van der Waals surface area contributed by atoms with E-state index in [2.05, 4.69) is 10.0 Å². The number of H-pyrrole nitrogens is 1. The molecule has 0 amide bonds. The third-order valence-electron chi connectivity index (χ3n) is 5.94. The van der Waals surface area contributed by atoms with Gasteiger partial charge < -0.3 is 33.2 Å². The molecule has 0 saturated carbocycles. The first-order valence-electron chi connectivity index (χ1n) is 13.5. The Morgan fingerprint density at radius 3 is 2.32 bits per heavy atom. The Morgan fingerprint density at radius 2 is 1.73 bits per heavy atom. The fraction of sp³-hybridized carbons (Fsp3) is 0.652. The Bertz CT molecular complexity index is 1440. The second-order valence-electron chi connectivity index (χ2n) is 8.85. The molecule has 1 aromatic rings. The van der Waals surface area contributed by atoms with Crippen LogP contribution < -0.4 is 11.2 Å². The monoisotopic (exact) mass is 586 g/mol. The SMILES string of the molecule is [2H]C([2H])([2H])c1cn([C@H]2C[C@@H](N=[N+]=[N-])[C@@H](CO[C@@H]3OC(C(=O)OC)[C@@H](OC(C)=O)[C@@H](OC(C)=O)C3OC(C)=O)O2)c(=O)[nH]c1=O. The van der Waals surface area contributed by atoms with Crippen LogP contribution in [0.15, 0.2) is 20.9 Å². The normalized spacial score (nSPS) is 30.5. The van der Waals surface area contributed by atoms with E-state index in [-0.39, 0.29) is 6.42 Å². The number of aromatic nitrogens is 2. The zero-order valence-corrected chi connectivity index (χ0v) is 22.2. The van der Waals surface area contributed by atoms with Gasteiger partial charge in [0, 0.05) is 48.0 Å². The fourth-order valence-corrected chi connectivity index (χ4v) is 4.33. The highest BCUT2D eigenvalue weighted by molar-refractivity contribution is 5.77. The number of aryl methyl sites for hydroxylation is 1. The lowest BCUT2D eigenvalue weighted by Crippen LogP contribution is -2.64. The Kier molecular flexibility index (Phi) is 8.81. The number of hydrogen-bond acceptors (Lipinski definition) is 14. The van der Waals surface area contributed by atoms with Gasteiger partial charge in [0.2, 0.25) is 0 Å². The number of aromatic amines is 1. The first-order chi connectivity index (χ1) is 20.6. The van der Waals surface area contributed by atoms with Gasteiger partial charge in [-0.3, -0.25) is 28.7 Å². The van der Waals surface area contributed by atoms with E-state index in [9.17, 15) is 28.8 Å². The molecule has 0 aliphatic carbocycles. The fourth-order valence-electron chi connectivity index (χ4n) is 4.33. The van der Waals surface area contributed by atoms with Crippen molar-refractivity contribution in [1.82, 2.24) is 9.55 Å². The summed E-state index contributed by atoms with van der Waals surface area (Å²) in [5.74, 6) is -3.75. The zero-order chi connectivity index (χ0) is 32.9. The largest absolute Gasteiger partial charge is 0.467 e. The molecule has 2 unspecified atom stereocenters. The van der Waals surface area contributed by atoms with E-state index < -0.39 is 103 Å². The smallest absolute Gasteiger partial charge is 0.339 e. The summed E-state index contributed by atoms with van der Waals surface area (Å²) in [7, 11) is 1.01. The molecule has 8 atom stereocenters. The number of hydrogen-bond donors (Lipinski definition) is 1. The number of ether oxygens (including phenoxy) is 7. The van der Waals surface area contributed by atoms with E-state index in [1.54, 1.807) is 0 Å². The predicted molar refractivity (Wildman–Crippen MR) is 131 cm³/mol. The Balaban J connectivity index is 1.94. The lowest BCUT2D eigenvalue weighted by molar-refractivity contribution is -0.305. The molecule has 224 valence electrons. The van der Waals surface area contributed by atoms with E-state index in [1.807, 2.05) is 4.98 Å². The molecular weight excluding hydrogens is 554 g/mol. The second-order valence-corrected chi connectivity index (χ2v) is 8.85. The standard InChI is InChI=1S/C23H29N5O13/c1-9-7-28(23(34)25-20(9)32)15-6-13(26-27-24)14(40-15)8-36-22-19(39-12(4)31)17(38-11(3)30)16(37-10(2)29)18(41-22)21(33)35-5/h7,13-19,22H,6,8H2,1-5H3,(H,25,32,34)/t13-,14-,15-,16+,17-,18?,19?,22-/m1/s1/i1D3. The molecule has 3 rings (SSSR count). The molecule has 2 fully saturated rings. The topological polar surface area (TPSA) is 237 Å². The summed E-state index contributed by atoms with van der Waals surface area (Å²) in [6.07, 6.45) is -10.0. The second kappa shape index (κ2) is 13.4. The summed E-state index contributed by atoms with van der Waals surface area (Å²) in [6, 6.07) is -1.02. The van der Waals surface area contributed by atoms with Crippen LogP contribution in [0.4, 0.5) is 0 Å². The van der Waals surface area contributed by atoms with Crippen LogP contribution in [0.1, 0.15) is 43.1 Å². The van der Waals surface area contributed by atoms with Crippen molar-refractivity contribution in [2.24, 2.45) is 5.11 Å². The number of nitrogens with one attached hydrogen (secondary N) is 1. The van der Waals surface area contributed by atoms with Gasteiger partial charge in [0.25, 0.3) is 5.56 Å². The quantitative estimate of drug-likeness (QED) is 0.127. The number of nitrogens with zero attached hydrogens (tertiary/aromatic N) is 4. The van der Waals surface area contributed by atoms with Gasteiger partial charge in [-0.05, 0) is 12.4 Å². The minimum atomic E-state index is -2.86. The number of azide groups is 1. The van der Waals surface area contributed by atoms with Crippen molar-refractivity contribution >= 4 is 23.9 Å². The lowest BCUT2D eigenvalue weighted by Gasteiger charge is -2.43. The van der Waals surface area contributed by atoms with Gasteiger partial charge in [-0.25, -0.2) is 9.59 Å². The molecule has 18 nitrogen and oxygen atoms in total. The number of esters is 4. The molecule has 1 N–H and O–H groups in total. The van der Waals surface area contributed by atoms with Crippen molar-refractivity contribution in [2.45, 2.75) is 83.1 Å². The molecule has 41 heavy (non-hydrogen) atoms. The van der Waals surface area contributed by atoms with Gasteiger partial charge in [-0.1, -0.05) is 5.11 Å². The van der Waals surface area contributed by atoms with Crippen LogP contribution in [-0.2, 0) is 52.3 Å². The Hall–Kier alpha value is -4.25. The molecule has 3 heterocycles.